The molecule has 3 radical (unpaired) electrons. The van der Waals surface area contributed by atoms with Gasteiger partial charge in [-0.05, 0) is 23.6 Å². The van der Waals surface area contributed by atoms with Crippen LogP contribution in [0.3, 0.4) is 0 Å². The second kappa shape index (κ2) is 4.41. The number of phenolic OH excluding ortho intramolecular Hbond substituents is 1. The molecule has 3 rings (SSSR count). The predicted molar refractivity (Wildman–Crippen MR) is 77.3 cm³/mol. The molecule has 0 aliphatic heterocycles. The summed E-state index contributed by atoms with van der Waals surface area (Å²) in [6.07, 6.45) is 0. The highest BCUT2D eigenvalue weighted by molar-refractivity contribution is 6.07. The Morgan fingerprint density at radius 1 is 1.00 bits per heavy atom. The summed E-state index contributed by atoms with van der Waals surface area (Å²) < 4.78 is 0. The molecule has 3 heteroatoms. The van der Waals surface area contributed by atoms with E-state index in [0.717, 1.165) is 16.6 Å². The molecule has 1 aromatic heterocycles. The topological polar surface area (TPSA) is 36.0 Å². The van der Waals surface area contributed by atoms with Gasteiger partial charge < -0.3 is 10.1 Å². The maximum atomic E-state index is 9.98. The molecule has 1 heterocycles. The molecule has 18 heavy (non-hydrogen) atoms. The van der Waals surface area contributed by atoms with Gasteiger partial charge in [-0.3, -0.25) is 0 Å². The normalized spacial score (nSPS) is 11.1. The van der Waals surface area contributed by atoms with Crippen LogP contribution in [0.5, 0.6) is 5.75 Å². The van der Waals surface area contributed by atoms with Crippen molar-refractivity contribution in [2.75, 3.05) is 0 Å². The Labute approximate surface area is 108 Å². The molecule has 0 spiro atoms. The fourth-order valence-corrected chi connectivity index (χ4v) is 2.37. The average Bonchev–Trinajstić information content (AvgIpc) is 2.64. The van der Waals surface area contributed by atoms with E-state index >= 15 is 0 Å². The van der Waals surface area contributed by atoms with Gasteiger partial charge in [-0.2, -0.15) is 0 Å². The lowest BCUT2D eigenvalue weighted by molar-refractivity contribution is 0.466. The zero-order valence-electron chi connectivity index (χ0n) is 10.6. The molecule has 0 amide bonds. The molecule has 0 saturated carbocycles. The van der Waals surface area contributed by atoms with E-state index in [1.54, 1.807) is 0 Å². The van der Waals surface area contributed by atoms with Crippen LogP contribution < -0.4 is 0 Å². The van der Waals surface area contributed by atoms with Crippen LogP contribution in [0, 0.1) is 0 Å². The third-order valence-electron chi connectivity index (χ3n) is 3.28. The molecule has 3 aromatic rings. The Balaban J connectivity index is 0.00000120. The third-order valence-corrected chi connectivity index (χ3v) is 3.28. The largest absolute Gasteiger partial charge is 0.508 e. The summed E-state index contributed by atoms with van der Waals surface area (Å²) in [5, 5.41) is 12.4. The van der Waals surface area contributed by atoms with Crippen LogP contribution in [0.15, 0.2) is 36.4 Å². The van der Waals surface area contributed by atoms with Crippen molar-refractivity contribution in [3.63, 3.8) is 0 Å². The van der Waals surface area contributed by atoms with E-state index in [9.17, 15) is 5.11 Å². The molecule has 0 aliphatic rings. The first-order chi connectivity index (χ1) is 8.16. The van der Waals surface area contributed by atoms with Crippen molar-refractivity contribution >= 4 is 30.2 Å². The molecule has 0 bridgehead atoms. The number of aromatic amines is 1. The van der Waals surface area contributed by atoms with Gasteiger partial charge in [0, 0.05) is 30.8 Å². The summed E-state index contributed by atoms with van der Waals surface area (Å²) in [4.78, 5) is 3.32. The van der Waals surface area contributed by atoms with Gasteiger partial charge in [0.2, 0.25) is 0 Å². The zero-order valence-corrected chi connectivity index (χ0v) is 10.6. The number of aromatic hydroxyl groups is 1. The van der Waals surface area contributed by atoms with Crippen LogP contribution >= 0.6 is 0 Å². The zero-order chi connectivity index (χ0) is 12.0. The van der Waals surface area contributed by atoms with Gasteiger partial charge in [0.15, 0.2) is 0 Å². The lowest BCUT2D eigenvalue weighted by atomic mass is 9.99. The van der Waals surface area contributed by atoms with Gasteiger partial charge in [-0.25, -0.2) is 0 Å². The lowest BCUT2D eigenvalue weighted by Gasteiger charge is -2.08. The first kappa shape index (κ1) is 12.6. The molecule has 0 fully saturated rings. The minimum Gasteiger partial charge on any atom is -0.508 e. The van der Waals surface area contributed by atoms with Crippen LogP contribution in [-0.2, 0) is 0 Å². The number of phenols is 1. The van der Waals surface area contributed by atoms with Gasteiger partial charge in [0.1, 0.15) is 5.75 Å². The number of hydrogen-bond acceptors (Lipinski definition) is 1. The molecule has 2 aromatic carbocycles. The minimum atomic E-state index is 0. The number of nitrogens with one attached hydrogen (secondary N) is 1. The molecule has 0 saturated heterocycles. The number of rotatable bonds is 1. The smallest absolute Gasteiger partial charge is 0.121 e. The van der Waals surface area contributed by atoms with Crippen LogP contribution in [-0.4, -0.2) is 18.5 Å². The Bertz CT molecular complexity index is 700. The van der Waals surface area contributed by atoms with E-state index < -0.39 is 0 Å². The number of aromatic nitrogens is 1. The highest BCUT2D eigenvalue weighted by Gasteiger charge is 2.10. The second-order valence-electron chi connectivity index (χ2n) is 4.78. The quantitative estimate of drug-likeness (QED) is 0.620. The minimum absolute atomic E-state index is 0. The molecule has 0 atom stereocenters. The van der Waals surface area contributed by atoms with Gasteiger partial charge >= 0.3 is 0 Å². The van der Waals surface area contributed by atoms with Crippen LogP contribution in [0.1, 0.15) is 25.3 Å². The summed E-state index contributed by atoms with van der Waals surface area (Å²) in [6, 6.07) is 12.1. The van der Waals surface area contributed by atoms with E-state index in [1.165, 1.54) is 10.8 Å². The maximum absolute atomic E-state index is 9.98. The first-order valence-corrected chi connectivity index (χ1v) is 5.90. The van der Waals surface area contributed by atoms with Crippen molar-refractivity contribution in [1.29, 1.82) is 0 Å². The monoisotopic (exact) mass is 236 g/mol. The Morgan fingerprint density at radius 2 is 1.72 bits per heavy atom. The van der Waals surface area contributed by atoms with Crippen LogP contribution in [0.25, 0.3) is 21.8 Å². The Hall–Kier alpha value is -1.90. The lowest BCUT2D eigenvalue weighted by Crippen LogP contribution is -1.87. The van der Waals surface area contributed by atoms with Gasteiger partial charge in [-0.1, -0.05) is 32.0 Å². The highest BCUT2D eigenvalue weighted by atomic mass is 16.3. The number of H-pyrrole nitrogens is 1. The summed E-state index contributed by atoms with van der Waals surface area (Å²) in [5.74, 6) is 0.701. The molecule has 89 valence electrons. The van der Waals surface area contributed by atoms with Gasteiger partial charge in [0.25, 0.3) is 0 Å². The van der Waals surface area contributed by atoms with Crippen molar-refractivity contribution in [3.05, 3.63) is 42.0 Å². The van der Waals surface area contributed by atoms with E-state index in [4.69, 9.17) is 0 Å². The highest BCUT2D eigenvalue weighted by Crippen LogP contribution is 2.33. The van der Waals surface area contributed by atoms with Crippen molar-refractivity contribution in [2.45, 2.75) is 19.8 Å². The number of para-hydroxylation sites is 1. The fourth-order valence-electron chi connectivity index (χ4n) is 2.37. The van der Waals surface area contributed by atoms with E-state index in [-0.39, 0.29) is 8.41 Å². The fraction of sp³-hybridized carbons (Fsp3) is 0.200. The molecule has 2 N–H and O–H groups in total. The predicted octanol–water partition coefficient (Wildman–Crippen LogP) is 3.77. The standard InChI is InChI=1S/C15H15NO.B/c1-9(2)11-7-12-10-5-3-4-6-13(10)16-14(12)8-15(11)17;/h3-9,16-17H,1-2H3;. The molecule has 0 unspecified atom stereocenters. The number of hydrogen-bond donors (Lipinski definition) is 2. The summed E-state index contributed by atoms with van der Waals surface area (Å²) in [5.41, 5.74) is 3.11. The molecular formula is C15H15BNO. The van der Waals surface area contributed by atoms with Gasteiger partial charge in [-0.15, -0.1) is 0 Å². The van der Waals surface area contributed by atoms with Crippen LogP contribution in [0.4, 0.5) is 0 Å². The van der Waals surface area contributed by atoms with E-state index in [2.05, 4.69) is 37.0 Å². The summed E-state index contributed by atoms with van der Waals surface area (Å²) >= 11 is 0. The third kappa shape index (κ3) is 1.76. The number of benzene rings is 2. The molecule has 0 aliphatic carbocycles. The SMILES string of the molecule is CC(C)c1cc2c(cc1O)[nH]c1ccccc12.[B]. The Morgan fingerprint density at radius 3 is 2.44 bits per heavy atom. The molecular weight excluding hydrogens is 221 g/mol. The van der Waals surface area contributed by atoms with Crippen molar-refractivity contribution in [1.82, 2.24) is 4.98 Å². The second-order valence-corrected chi connectivity index (χ2v) is 4.78. The first-order valence-electron chi connectivity index (χ1n) is 5.90. The summed E-state index contributed by atoms with van der Waals surface area (Å²) in [7, 11) is 0. The average molecular weight is 236 g/mol. The maximum Gasteiger partial charge on any atom is 0.121 e. The number of fused-ring (bicyclic) bond motifs is 3. The van der Waals surface area contributed by atoms with Crippen molar-refractivity contribution in [2.24, 2.45) is 0 Å². The van der Waals surface area contributed by atoms with Crippen molar-refractivity contribution in [3.8, 4) is 5.75 Å². The van der Waals surface area contributed by atoms with Crippen molar-refractivity contribution < 1.29 is 5.11 Å². The van der Waals surface area contributed by atoms with E-state index in [1.807, 2.05) is 18.2 Å². The molecule has 2 nitrogen and oxygen atoms in total. The Kier molecular flexibility index (Phi) is 3.08. The summed E-state index contributed by atoms with van der Waals surface area (Å²) in [6.45, 7) is 4.19. The van der Waals surface area contributed by atoms with Gasteiger partial charge in [0.05, 0.1) is 5.52 Å². The van der Waals surface area contributed by atoms with E-state index in [0.29, 0.717) is 11.7 Å². The van der Waals surface area contributed by atoms with Crippen LogP contribution in [0.2, 0.25) is 0 Å².